The summed E-state index contributed by atoms with van der Waals surface area (Å²) < 4.78 is 160. The fraction of sp³-hybridized carbons (Fsp3) is 0.278. The summed E-state index contributed by atoms with van der Waals surface area (Å²) in [4.78, 5) is 25.5. The molecule has 1 saturated heterocycles. The van der Waals surface area contributed by atoms with E-state index < -0.39 is 84.4 Å². The van der Waals surface area contributed by atoms with Crippen LogP contribution in [0.4, 0.5) is 39.5 Å². The predicted octanol–water partition coefficient (Wildman–Crippen LogP) is 7.27. The van der Waals surface area contributed by atoms with Crippen molar-refractivity contribution in [3.8, 4) is 0 Å². The molecule has 1 fully saturated rings. The first kappa shape index (κ1) is 39.3. The Morgan fingerprint density at radius 2 is 1.28 bits per heavy atom. The van der Waals surface area contributed by atoms with Crippen molar-refractivity contribution >= 4 is 21.7 Å². The second kappa shape index (κ2) is 14.5. The number of sulfone groups is 1. The van der Waals surface area contributed by atoms with Crippen LogP contribution in [0, 0.1) is 17.5 Å². The summed E-state index contributed by atoms with van der Waals surface area (Å²) in [6.45, 7) is -2.21. The van der Waals surface area contributed by atoms with Gasteiger partial charge in [0.2, 0.25) is 11.8 Å². The molecule has 0 saturated carbocycles. The highest BCUT2D eigenvalue weighted by atomic mass is 32.2. The van der Waals surface area contributed by atoms with Crippen LogP contribution >= 0.6 is 0 Å². The van der Waals surface area contributed by atoms with Crippen molar-refractivity contribution < 1.29 is 62.3 Å². The number of carbonyl (C=O) groups is 2. The summed E-state index contributed by atoms with van der Waals surface area (Å²) in [5.41, 5.74) is -2.14. The van der Waals surface area contributed by atoms with Crippen molar-refractivity contribution in [3.63, 3.8) is 0 Å². The molecular formula is C36H29F9N2O5S. The minimum Gasteiger partial charge on any atom is -0.366 e. The average Bonchev–Trinajstić information content (AvgIpc) is 3.09. The summed E-state index contributed by atoms with van der Waals surface area (Å²) in [5, 5.41) is 0. The number of nitrogens with two attached hydrogens (primary N) is 1. The number of hydrogen-bond donors (Lipinski definition) is 1. The normalized spacial score (nSPS) is 15.3. The maximum absolute atomic E-state index is 14.5. The number of likely N-dealkylation sites (tertiary alicyclic amines) is 1. The number of primary amides is 1. The number of halogens is 9. The van der Waals surface area contributed by atoms with Crippen molar-refractivity contribution in [2.24, 2.45) is 5.73 Å². The maximum Gasteiger partial charge on any atom is 0.430 e. The monoisotopic (exact) mass is 772 g/mol. The zero-order chi connectivity index (χ0) is 39.0. The Balaban J connectivity index is 1.52. The van der Waals surface area contributed by atoms with E-state index in [0.717, 1.165) is 42.5 Å². The van der Waals surface area contributed by atoms with Crippen LogP contribution in [0.15, 0.2) is 95.9 Å². The first-order valence-electron chi connectivity index (χ1n) is 15.7. The van der Waals surface area contributed by atoms with Gasteiger partial charge in [-0.2, -0.15) is 26.3 Å². The van der Waals surface area contributed by atoms with Crippen LogP contribution in [0.1, 0.15) is 45.5 Å². The number of benzene rings is 4. The minimum absolute atomic E-state index is 0.154. The fourth-order valence-corrected chi connectivity index (χ4v) is 8.45. The molecule has 1 aliphatic heterocycles. The van der Waals surface area contributed by atoms with Gasteiger partial charge in [-0.05, 0) is 72.5 Å². The molecule has 17 heteroatoms. The topological polar surface area (TPSA) is 107 Å². The van der Waals surface area contributed by atoms with Crippen LogP contribution < -0.4 is 5.73 Å². The summed E-state index contributed by atoms with van der Waals surface area (Å²) in [6.07, 6.45) is -13.4. The van der Waals surface area contributed by atoms with E-state index in [0.29, 0.717) is 29.8 Å². The lowest BCUT2D eigenvalue weighted by atomic mass is 9.85. The fourth-order valence-electron chi connectivity index (χ4n) is 6.34. The van der Waals surface area contributed by atoms with E-state index >= 15 is 0 Å². The molecule has 4 aromatic carbocycles. The molecule has 1 heterocycles. The van der Waals surface area contributed by atoms with Crippen molar-refractivity contribution in [1.29, 1.82) is 0 Å². The lowest BCUT2D eigenvalue weighted by Gasteiger charge is -2.42. The molecule has 0 spiro atoms. The summed E-state index contributed by atoms with van der Waals surface area (Å²) in [6, 6.07) is 13.9. The number of hydrogen-bond acceptors (Lipinski definition) is 5. The number of amides is 2. The zero-order valence-electron chi connectivity index (χ0n) is 27.3. The van der Waals surface area contributed by atoms with Crippen LogP contribution in [0.5, 0.6) is 0 Å². The molecule has 2 N–H and O–H groups in total. The number of piperidine rings is 1. The van der Waals surface area contributed by atoms with Crippen molar-refractivity contribution in [2.45, 2.75) is 53.5 Å². The molecule has 0 radical (unpaired) electrons. The third-order valence-corrected chi connectivity index (χ3v) is 11.8. The van der Waals surface area contributed by atoms with Crippen molar-refractivity contribution in [2.75, 3.05) is 13.1 Å². The molecule has 0 atom stereocenters. The van der Waals surface area contributed by atoms with Gasteiger partial charge in [-0.1, -0.05) is 42.5 Å². The number of ether oxygens (including phenoxy) is 1. The molecule has 4 aromatic rings. The zero-order valence-corrected chi connectivity index (χ0v) is 28.1. The number of carbonyl (C=O) groups excluding carboxylic acids is 2. The van der Waals surface area contributed by atoms with Gasteiger partial charge in [-0.3, -0.25) is 9.59 Å². The van der Waals surface area contributed by atoms with Crippen LogP contribution in [-0.4, -0.2) is 50.6 Å². The lowest BCUT2D eigenvalue weighted by Crippen LogP contribution is -2.56. The van der Waals surface area contributed by atoms with Gasteiger partial charge in [0.15, 0.2) is 9.84 Å². The summed E-state index contributed by atoms with van der Waals surface area (Å²) in [7, 11) is -4.58. The van der Waals surface area contributed by atoms with Gasteiger partial charge in [-0.15, -0.1) is 0 Å². The Bertz CT molecular complexity index is 2040. The van der Waals surface area contributed by atoms with E-state index in [4.69, 9.17) is 5.73 Å². The largest absolute Gasteiger partial charge is 0.430 e. The van der Waals surface area contributed by atoms with Gasteiger partial charge in [0.1, 0.15) is 22.2 Å². The standard InChI is InChI=1S/C36H29F9N2O5S/c37-26-12-14-27(15-13-26)53(50,51)33(16-18-47(19-17-33)31(48)20-22-4-6-23(7-5-22)32(46)49)24-8-10-25(11-9-24)34(35(40,41)42,36(43,44)45)52-21-28-29(38)2-1-3-30(28)39/h1-15H,16-21H2,(H2,46,49). The van der Waals surface area contributed by atoms with Crippen LogP contribution in [0.2, 0.25) is 0 Å². The van der Waals surface area contributed by atoms with Gasteiger partial charge < -0.3 is 15.4 Å². The van der Waals surface area contributed by atoms with E-state index in [1.165, 1.54) is 29.2 Å². The number of alkyl halides is 6. The molecule has 0 unspecified atom stereocenters. The summed E-state index contributed by atoms with van der Waals surface area (Å²) in [5.74, 6) is -4.80. The number of rotatable bonds is 10. The van der Waals surface area contributed by atoms with E-state index in [-0.39, 0.29) is 43.5 Å². The van der Waals surface area contributed by atoms with Crippen molar-refractivity contribution in [1.82, 2.24) is 4.90 Å². The van der Waals surface area contributed by atoms with Crippen LogP contribution in [0.3, 0.4) is 0 Å². The highest BCUT2D eigenvalue weighted by molar-refractivity contribution is 7.92. The predicted molar refractivity (Wildman–Crippen MR) is 171 cm³/mol. The third kappa shape index (κ3) is 7.36. The maximum atomic E-state index is 14.5. The highest BCUT2D eigenvalue weighted by Crippen LogP contribution is 2.54. The van der Waals surface area contributed by atoms with E-state index in [9.17, 15) is 57.5 Å². The van der Waals surface area contributed by atoms with E-state index in [2.05, 4.69) is 4.74 Å². The molecule has 0 aliphatic carbocycles. The lowest BCUT2D eigenvalue weighted by molar-refractivity contribution is -0.392. The second-order valence-electron chi connectivity index (χ2n) is 12.3. The molecule has 0 aromatic heterocycles. The van der Waals surface area contributed by atoms with Crippen LogP contribution in [-0.2, 0) is 42.7 Å². The van der Waals surface area contributed by atoms with Crippen LogP contribution in [0.25, 0.3) is 0 Å². The molecule has 282 valence electrons. The molecule has 1 aliphatic rings. The molecule has 5 rings (SSSR count). The van der Waals surface area contributed by atoms with Gasteiger partial charge in [0.25, 0.3) is 5.60 Å². The molecule has 0 bridgehead atoms. The van der Waals surface area contributed by atoms with Gasteiger partial charge in [0, 0.05) is 29.8 Å². The first-order chi connectivity index (χ1) is 24.7. The Morgan fingerprint density at radius 3 is 1.77 bits per heavy atom. The Kier molecular flexibility index (Phi) is 10.8. The average molecular weight is 773 g/mol. The van der Waals surface area contributed by atoms with Crippen molar-refractivity contribution in [3.05, 3.63) is 136 Å². The van der Waals surface area contributed by atoms with E-state index in [1.807, 2.05) is 0 Å². The first-order valence-corrected chi connectivity index (χ1v) is 17.2. The van der Waals surface area contributed by atoms with Gasteiger partial charge in [0.05, 0.1) is 17.9 Å². The second-order valence-corrected chi connectivity index (χ2v) is 14.6. The smallest absolute Gasteiger partial charge is 0.366 e. The Labute approximate surface area is 297 Å². The quantitative estimate of drug-likeness (QED) is 0.135. The molecular weight excluding hydrogens is 743 g/mol. The summed E-state index contributed by atoms with van der Waals surface area (Å²) >= 11 is 0. The van der Waals surface area contributed by atoms with Gasteiger partial charge in [-0.25, -0.2) is 21.6 Å². The van der Waals surface area contributed by atoms with E-state index in [1.54, 1.807) is 0 Å². The third-order valence-electron chi connectivity index (χ3n) is 9.27. The Hall–Kier alpha value is -4.90. The molecule has 53 heavy (non-hydrogen) atoms. The number of nitrogens with zero attached hydrogens (tertiary/aromatic N) is 1. The SMILES string of the molecule is NC(=O)c1ccc(CC(=O)N2CCC(c3ccc(C(OCc4c(F)cccc4F)(C(F)(F)F)C(F)(F)F)cc3)(S(=O)(=O)c3ccc(F)cc3)CC2)cc1. The highest BCUT2D eigenvalue weighted by Gasteiger charge is 2.73. The minimum atomic E-state index is -6.24. The van der Waals surface area contributed by atoms with Gasteiger partial charge >= 0.3 is 12.4 Å². The molecule has 7 nitrogen and oxygen atoms in total. The molecule has 2 amide bonds. The Morgan fingerprint density at radius 1 is 0.755 bits per heavy atom.